The van der Waals surface area contributed by atoms with Gasteiger partial charge in [-0.3, -0.25) is 0 Å². The molecule has 0 aromatic carbocycles. The van der Waals surface area contributed by atoms with Crippen LogP contribution in [0.2, 0.25) is 10.3 Å². The normalized spacial score (nSPS) is 32.3. The molecule has 16 heavy (non-hydrogen) atoms. The molecule has 0 aliphatic carbocycles. The summed E-state index contributed by atoms with van der Waals surface area (Å²) < 4.78 is 6.33. The van der Waals surface area contributed by atoms with E-state index in [1.54, 1.807) is 0 Å². The van der Waals surface area contributed by atoms with Crippen LogP contribution < -0.4 is 0 Å². The van der Waals surface area contributed by atoms with E-state index in [-0.39, 0.29) is 12.0 Å². The Morgan fingerprint density at radius 1 is 1.19 bits per heavy atom. The molecule has 0 spiro atoms. The highest BCUT2D eigenvalue weighted by Gasteiger charge is 2.43. The highest BCUT2D eigenvalue weighted by Crippen LogP contribution is 2.44. The number of halogens is 3. The molecular weight excluding hydrogens is 315 g/mol. The zero-order valence-electron chi connectivity index (χ0n) is 8.29. The van der Waals surface area contributed by atoms with Gasteiger partial charge in [-0.25, -0.2) is 9.97 Å². The lowest BCUT2D eigenvalue weighted by Crippen LogP contribution is -2.17. The number of fused-ring (bicyclic) bond motifs is 2. The van der Waals surface area contributed by atoms with Gasteiger partial charge >= 0.3 is 0 Å². The smallest absolute Gasteiger partial charge is 0.148 e. The van der Waals surface area contributed by atoms with Crippen LogP contribution in [0.1, 0.15) is 31.0 Å². The Labute approximate surface area is 112 Å². The van der Waals surface area contributed by atoms with Crippen molar-refractivity contribution in [2.45, 2.75) is 37.4 Å². The van der Waals surface area contributed by atoms with Crippen molar-refractivity contribution in [3.05, 3.63) is 20.6 Å². The molecule has 3 heterocycles. The van der Waals surface area contributed by atoms with Crippen molar-refractivity contribution in [2.24, 2.45) is 0 Å². The van der Waals surface area contributed by atoms with Crippen molar-refractivity contribution in [1.29, 1.82) is 0 Å². The quantitative estimate of drug-likeness (QED) is 0.741. The maximum absolute atomic E-state index is 5.98. The first-order valence-corrected chi connectivity index (χ1v) is 6.74. The average molecular weight is 324 g/mol. The molecule has 0 radical (unpaired) electrons. The molecular formula is C10H9BrCl2N2O. The molecule has 2 fully saturated rings. The van der Waals surface area contributed by atoms with Gasteiger partial charge in [0.15, 0.2) is 0 Å². The predicted molar refractivity (Wildman–Crippen MR) is 65.0 cm³/mol. The molecule has 3 unspecified atom stereocenters. The number of aromatic nitrogens is 2. The Morgan fingerprint density at radius 2 is 1.88 bits per heavy atom. The van der Waals surface area contributed by atoms with E-state index in [4.69, 9.17) is 27.9 Å². The van der Waals surface area contributed by atoms with Gasteiger partial charge in [-0.15, -0.1) is 0 Å². The number of nitrogens with zero attached hydrogens (tertiary/aromatic N) is 2. The molecule has 2 bridgehead atoms. The highest BCUT2D eigenvalue weighted by atomic mass is 79.9. The second-order valence-corrected chi connectivity index (χ2v) is 5.70. The first kappa shape index (κ1) is 11.2. The van der Waals surface area contributed by atoms with E-state index >= 15 is 0 Å². The summed E-state index contributed by atoms with van der Waals surface area (Å²) >= 11 is 15.2. The van der Waals surface area contributed by atoms with Crippen molar-refractivity contribution in [1.82, 2.24) is 9.97 Å². The Balaban J connectivity index is 1.95. The van der Waals surface area contributed by atoms with Gasteiger partial charge in [0.2, 0.25) is 0 Å². The standard InChI is InChI=1S/C10H9BrCl2N2O/c11-7-8(12)14-10(15-9(7)13)5-3-4-1-2-6(5)16-4/h4-6H,1-3H2. The molecule has 0 amide bonds. The fourth-order valence-corrected chi connectivity index (χ4v) is 3.06. The molecule has 3 nitrogen and oxygen atoms in total. The molecule has 2 aliphatic heterocycles. The Bertz CT molecular complexity index is 420. The second-order valence-electron chi connectivity index (χ2n) is 4.19. The number of rotatable bonds is 1. The van der Waals surface area contributed by atoms with Crippen molar-refractivity contribution < 1.29 is 4.74 Å². The van der Waals surface area contributed by atoms with Gasteiger partial charge in [-0.05, 0) is 35.2 Å². The minimum Gasteiger partial charge on any atom is -0.374 e. The van der Waals surface area contributed by atoms with Gasteiger partial charge in [0.05, 0.1) is 16.7 Å². The zero-order valence-corrected chi connectivity index (χ0v) is 11.4. The van der Waals surface area contributed by atoms with Gasteiger partial charge < -0.3 is 4.74 Å². The van der Waals surface area contributed by atoms with Crippen LogP contribution in [0.15, 0.2) is 4.47 Å². The maximum Gasteiger partial charge on any atom is 0.148 e. The van der Waals surface area contributed by atoms with Crippen molar-refractivity contribution in [2.75, 3.05) is 0 Å². The molecule has 86 valence electrons. The van der Waals surface area contributed by atoms with E-state index < -0.39 is 0 Å². The summed E-state index contributed by atoms with van der Waals surface area (Å²) in [5.41, 5.74) is 0. The third-order valence-electron chi connectivity index (χ3n) is 3.23. The summed E-state index contributed by atoms with van der Waals surface area (Å²) in [7, 11) is 0. The minimum absolute atomic E-state index is 0.248. The fourth-order valence-electron chi connectivity index (χ4n) is 2.48. The Kier molecular flexibility index (Phi) is 2.86. The molecule has 3 rings (SSSR count). The van der Waals surface area contributed by atoms with Gasteiger partial charge in [0.25, 0.3) is 0 Å². The molecule has 2 aliphatic rings. The van der Waals surface area contributed by atoms with Crippen LogP contribution >= 0.6 is 39.1 Å². The van der Waals surface area contributed by atoms with E-state index in [2.05, 4.69) is 25.9 Å². The largest absolute Gasteiger partial charge is 0.374 e. The SMILES string of the molecule is Clc1nc(C2CC3CCC2O3)nc(Cl)c1Br. The van der Waals surface area contributed by atoms with Crippen molar-refractivity contribution in [3.8, 4) is 0 Å². The number of hydrogen-bond donors (Lipinski definition) is 0. The van der Waals surface area contributed by atoms with Crippen LogP contribution in [0, 0.1) is 0 Å². The summed E-state index contributed by atoms with van der Waals surface area (Å²) in [6, 6.07) is 0. The molecule has 0 saturated carbocycles. The topological polar surface area (TPSA) is 35.0 Å². The second kappa shape index (κ2) is 4.09. The van der Waals surface area contributed by atoms with Crippen LogP contribution in [0.5, 0.6) is 0 Å². The van der Waals surface area contributed by atoms with E-state index in [1.165, 1.54) is 0 Å². The van der Waals surface area contributed by atoms with Gasteiger partial charge in [0.1, 0.15) is 16.1 Å². The predicted octanol–water partition coefficient (Wildman–Crippen LogP) is 3.58. The third kappa shape index (κ3) is 1.76. The molecule has 1 aromatic rings. The number of hydrogen-bond acceptors (Lipinski definition) is 3. The fraction of sp³-hybridized carbons (Fsp3) is 0.600. The monoisotopic (exact) mass is 322 g/mol. The summed E-state index contributed by atoms with van der Waals surface area (Å²) in [6.45, 7) is 0. The van der Waals surface area contributed by atoms with Gasteiger partial charge in [-0.1, -0.05) is 23.2 Å². The minimum atomic E-state index is 0.248. The van der Waals surface area contributed by atoms with E-state index in [0.29, 0.717) is 26.7 Å². The Morgan fingerprint density at radius 3 is 2.38 bits per heavy atom. The van der Waals surface area contributed by atoms with Crippen molar-refractivity contribution >= 4 is 39.1 Å². The first-order valence-electron chi connectivity index (χ1n) is 5.19. The molecule has 0 N–H and O–H groups in total. The summed E-state index contributed by atoms with van der Waals surface area (Å²) in [6.07, 6.45) is 3.85. The van der Waals surface area contributed by atoms with Gasteiger partial charge in [-0.2, -0.15) is 0 Å². The van der Waals surface area contributed by atoms with Crippen LogP contribution in [0.4, 0.5) is 0 Å². The lowest BCUT2D eigenvalue weighted by atomic mass is 9.89. The van der Waals surface area contributed by atoms with Crippen molar-refractivity contribution in [3.63, 3.8) is 0 Å². The summed E-state index contributed by atoms with van der Waals surface area (Å²) in [4.78, 5) is 8.55. The molecule has 3 atom stereocenters. The van der Waals surface area contributed by atoms with E-state index in [0.717, 1.165) is 19.3 Å². The molecule has 1 aromatic heterocycles. The lowest BCUT2D eigenvalue weighted by molar-refractivity contribution is 0.0999. The summed E-state index contributed by atoms with van der Waals surface area (Å²) in [5.74, 6) is 0.965. The lowest BCUT2D eigenvalue weighted by Gasteiger charge is -2.17. The molecule has 6 heteroatoms. The third-order valence-corrected chi connectivity index (χ3v) is 4.98. The summed E-state index contributed by atoms with van der Waals surface area (Å²) in [5, 5.41) is 0.746. The van der Waals surface area contributed by atoms with Crippen LogP contribution in [-0.4, -0.2) is 22.2 Å². The first-order chi connectivity index (χ1) is 7.65. The van der Waals surface area contributed by atoms with Crippen LogP contribution in [0.25, 0.3) is 0 Å². The zero-order chi connectivity index (χ0) is 11.3. The van der Waals surface area contributed by atoms with Crippen LogP contribution in [0.3, 0.4) is 0 Å². The van der Waals surface area contributed by atoms with E-state index in [9.17, 15) is 0 Å². The molecule has 2 saturated heterocycles. The van der Waals surface area contributed by atoms with Gasteiger partial charge in [0, 0.05) is 5.92 Å². The number of ether oxygens (including phenoxy) is 1. The van der Waals surface area contributed by atoms with Crippen LogP contribution in [-0.2, 0) is 4.74 Å². The maximum atomic E-state index is 5.98. The average Bonchev–Trinajstić information content (AvgIpc) is 2.86. The Hall–Kier alpha value is 0.1000. The van der Waals surface area contributed by atoms with E-state index in [1.807, 2.05) is 0 Å². The highest BCUT2D eigenvalue weighted by molar-refractivity contribution is 9.10.